The summed E-state index contributed by atoms with van der Waals surface area (Å²) in [6.07, 6.45) is 3.38. The maximum absolute atomic E-state index is 13.7. The Labute approximate surface area is 215 Å². The minimum absolute atomic E-state index is 0.0232. The van der Waals surface area contributed by atoms with Crippen molar-refractivity contribution < 1.29 is 34.8 Å². The number of carbonyl (C=O) groups excluding carboxylic acids is 3. The van der Waals surface area contributed by atoms with Crippen LogP contribution in [0.3, 0.4) is 0 Å². The zero-order chi connectivity index (χ0) is 27.2. The number of primary amides is 1. The van der Waals surface area contributed by atoms with Crippen molar-refractivity contribution >= 4 is 23.2 Å². The highest BCUT2D eigenvalue weighted by Crippen LogP contribution is 2.52. The van der Waals surface area contributed by atoms with Crippen molar-refractivity contribution in [3.63, 3.8) is 0 Å². The van der Waals surface area contributed by atoms with Crippen LogP contribution in [0.5, 0.6) is 5.75 Å². The summed E-state index contributed by atoms with van der Waals surface area (Å²) in [5, 5.41) is 47.1. The zero-order valence-electron chi connectivity index (χ0n) is 21.4. The van der Waals surface area contributed by atoms with Crippen LogP contribution in [-0.4, -0.2) is 64.1 Å². The Balaban J connectivity index is 1.79. The first-order chi connectivity index (χ1) is 17.4. The molecular formula is C27H35N3O7. The average Bonchev–Trinajstić information content (AvgIpc) is 2.80. The summed E-state index contributed by atoms with van der Waals surface area (Å²) in [5.74, 6) is -6.25. The van der Waals surface area contributed by atoms with E-state index >= 15 is 0 Å². The molecule has 0 saturated carbocycles. The quantitative estimate of drug-likeness (QED) is 0.224. The summed E-state index contributed by atoms with van der Waals surface area (Å²) in [6, 6.07) is 1.54. The fourth-order valence-corrected chi connectivity index (χ4v) is 6.16. The smallest absolute Gasteiger partial charge is 0.255 e. The number of fused-ring (bicyclic) bond motifs is 3. The second-order valence-corrected chi connectivity index (χ2v) is 10.4. The molecule has 0 spiro atoms. The van der Waals surface area contributed by atoms with Gasteiger partial charge in [0.25, 0.3) is 5.91 Å². The molecule has 10 heteroatoms. The van der Waals surface area contributed by atoms with Crippen LogP contribution in [0.25, 0.3) is 0 Å². The predicted octanol–water partition coefficient (Wildman–Crippen LogP) is 1.93. The molecule has 200 valence electrons. The largest absolute Gasteiger partial charge is 0.511 e. The van der Waals surface area contributed by atoms with Gasteiger partial charge in [0.2, 0.25) is 5.78 Å². The van der Waals surface area contributed by atoms with E-state index in [1.165, 1.54) is 6.07 Å². The zero-order valence-corrected chi connectivity index (χ0v) is 21.4. The number of phenols is 1. The number of nitrogens with two attached hydrogens (primary N) is 1. The lowest BCUT2D eigenvalue weighted by molar-refractivity contribution is -0.144. The van der Waals surface area contributed by atoms with Gasteiger partial charge in [0, 0.05) is 44.2 Å². The van der Waals surface area contributed by atoms with Gasteiger partial charge in [0.05, 0.1) is 5.56 Å². The van der Waals surface area contributed by atoms with E-state index in [2.05, 4.69) is 12.2 Å². The van der Waals surface area contributed by atoms with Crippen LogP contribution >= 0.6 is 0 Å². The van der Waals surface area contributed by atoms with Gasteiger partial charge in [0.15, 0.2) is 11.4 Å². The van der Waals surface area contributed by atoms with Crippen LogP contribution in [0.1, 0.15) is 60.5 Å². The van der Waals surface area contributed by atoms with E-state index < -0.39 is 52.0 Å². The number of aliphatic hydroxyl groups excluding tert-OH is 2. The number of benzene rings is 1. The molecule has 3 aliphatic carbocycles. The maximum atomic E-state index is 13.7. The molecule has 4 rings (SSSR count). The molecule has 10 nitrogen and oxygen atoms in total. The molecular weight excluding hydrogens is 478 g/mol. The first kappa shape index (κ1) is 26.7. The molecule has 0 bridgehead atoms. The number of hydrogen-bond acceptors (Lipinski definition) is 9. The third kappa shape index (κ3) is 4.18. The number of unbranched alkanes of at least 4 members (excludes halogenated alkanes) is 2. The van der Waals surface area contributed by atoms with Gasteiger partial charge in [-0.1, -0.05) is 19.8 Å². The summed E-state index contributed by atoms with van der Waals surface area (Å²) < 4.78 is 0. The second-order valence-electron chi connectivity index (χ2n) is 10.4. The van der Waals surface area contributed by atoms with Crippen molar-refractivity contribution in [1.82, 2.24) is 5.32 Å². The monoisotopic (exact) mass is 513 g/mol. The number of nitrogens with one attached hydrogen (secondary N) is 1. The lowest BCUT2D eigenvalue weighted by Crippen LogP contribution is -2.57. The van der Waals surface area contributed by atoms with Gasteiger partial charge < -0.3 is 36.4 Å². The van der Waals surface area contributed by atoms with Crippen molar-refractivity contribution in [2.45, 2.75) is 57.6 Å². The molecule has 37 heavy (non-hydrogen) atoms. The third-order valence-electron chi connectivity index (χ3n) is 7.83. The van der Waals surface area contributed by atoms with Crippen molar-refractivity contribution in [2.24, 2.45) is 17.6 Å². The highest BCUT2D eigenvalue weighted by molar-refractivity contribution is 6.24. The number of ketones is 2. The van der Waals surface area contributed by atoms with Crippen LogP contribution in [-0.2, 0) is 22.6 Å². The van der Waals surface area contributed by atoms with Crippen LogP contribution < -0.4 is 16.0 Å². The van der Waals surface area contributed by atoms with Crippen molar-refractivity contribution in [1.29, 1.82) is 0 Å². The molecule has 1 amide bonds. The number of allylic oxidation sites excluding steroid dienone is 2. The van der Waals surface area contributed by atoms with E-state index in [4.69, 9.17) is 5.73 Å². The standard InChI is InChI=1S/C27H35N3O7/c1-4-5-6-7-29-12-14-10-17(31)20-16(22(14)30(2)3)9-13-8-15-11-18(32)21(26(28)36)25(35)27(15,37)24(34)19(13)23(20)33/h10,13,15,29,31-32,34,37H,4-9,11-12H2,1-3H3,(H2,28,36)/t13?,15-,27-/m0/s1. The second kappa shape index (κ2) is 9.83. The van der Waals surface area contributed by atoms with Gasteiger partial charge in [-0.05, 0) is 48.9 Å². The van der Waals surface area contributed by atoms with Gasteiger partial charge in [0.1, 0.15) is 22.8 Å². The van der Waals surface area contributed by atoms with Crippen LogP contribution in [0, 0.1) is 11.8 Å². The molecule has 1 unspecified atom stereocenters. The summed E-state index contributed by atoms with van der Waals surface area (Å²) in [4.78, 5) is 40.4. The molecule has 0 fully saturated rings. The fourth-order valence-electron chi connectivity index (χ4n) is 6.16. The molecule has 1 aromatic carbocycles. The lowest BCUT2D eigenvalue weighted by atomic mass is 9.60. The number of aromatic hydroxyl groups is 1. The topological polar surface area (TPSA) is 173 Å². The summed E-state index contributed by atoms with van der Waals surface area (Å²) >= 11 is 0. The molecule has 0 aliphatic heterocycles. The summed E-state index contributed by atoms with van der Waals surface area (Å²) in [7, 11) is 3.71. The van der Waals surface area contributed by atoms with Crippen molar-refractivity contribution in [3.8, 4) is 5.75 Å². The van der Waals surface area contributed by atoms with E-state index in [1.54, 1.807) is 0 Å². The number of amides is 1. The van der Waals surface area contributed by atoms with E-state index in [0.717, 1.165) is 37.1 Å². The maximum Gasteiger partial charge on any atom is 0.255 e. The van der Waals surface area contributed by atoms with E-state index in [9.17, 15) is 34.8 Å². The molecule has 0 aromatic heterocycles. The van der Waals surface area contributed by atoms with Gasteiger partial charge in [-0.3, -0.25) is 14.4 Å². The van der Waals surface area contributed by atoms with Gasteiger partial charge >= 0.3 is 0 Å². The van der Waals surface area contributed by atoms with Crippen LogP contribution in [0.4, 0.5) is 5.69 Å². The number of Topliss-reactive ketones (excluding diaryl/α,β-unsaturated/α-hetero) is 2. The highest BCUT2D eigenvalue weighted by atomic mass is 16.3. The van der Waals surface area contributed by atoms with Gasteiger partial charge in [-0.2, -0.15) is 0 Å². The number of nitrogens with zero attached hydrogens (tertiary/aromatic N) is 1. The number of phenolic OH excluding ortho intramolecular Hbond substituents is 1. The Bertz CT molecular complexity index is 1230. The van der Waals surface area contributed by atoms with E-state index in [1.807, 2.05) is 19.0 Å². The first-order valence-electron chi connectivity index (χ1n) is 12.7. The molecule has 3 aliphatic rings. The van der Waals surface area contributed by atoms with E-state index in [0.29, 0.717) is 12.1 Å². The Morgan fingerprint density at radius 1 is 1.19 bits per heavy atom. The summed E-state index contributed by atoms with van der Waals surface area (Å²) in [5.41, 5.74) is 4.02. The Morgan fingerprint density at radius 3 is 2.51 bits per heavy atom. The average molecular weight is 514 g/mol. The fraction of sp³-hybridized carbons (Fsp3) is 0.519. The van der Waals surface area contributed by atoms with Crippen LogP contribution in [0.2, 0.25) is 0 Å². The Hall–Kier alpha value is -3.37. The Kier molecular flexibility index (Phi) is 7.09. The number of carbonyl (C=O) groups is 3. The first-order valence-corrected chi connectivity index (χ1v) is 12.7. The Morgan fingerprint density at radius 2 is 1.89 bits per heavy atom. The van der Waals surface area contributed by atoms with Gasteiger partial charge in [-0.15, -0.1) is 0 Å². The van der Waals surface area contributed by atoms with Crippen molar-refractivity contribution in [3.05, 3.63) is 45.4 Å². The predicted molar refractivity (Wildman–Crippen MR) is 136 cm³/mol. The number of anilines is 1. The SMILES string of the molecule is CCCCCNCc1cc(O)c2c(c1N(C)C)CC1C[C@H]3CC(O)=C(C(N)=O)C(=O)[C@@]3(O)C(O)=C1C2=O. The number of rotatable bonds is 8. The molecule has 0 heterocycles. The molecule has 0 radical (unpaired) electrons. The normalized spacial score (nSPS) is 25.1. The summed E-state index contributed by atoms with van der Waals surface area (Å²) in [6.45, 7) is 3.45. The third-order valence-corrected chi connectivity index (χ3v) is 7.83. The molecule has 7 N–H and O–H groups in total. The van der Waals surface area contributed by atoms with Crippen molar-refractivity contribution in [2.75, 3.05) is 25.5 Å². The molecule has 0 saturated heterocycles. The number of hydrogen-bond donors (Lipinski definition) is 6. The highest BCUT2D eigenvalue weighted by Gasteiger charge is 2.59. The molecule has 1 aromatic rings. The van der Waals surface area contributed by atoms with Crippen LogP contribution in [0.15, 0.2) is 28.7 Å². The minimum Gasteiger partial charge on any atom is -0.511 e. The van der Waals surface area contributed by atoms with E-state index in [-0.39, 0.29) is 36.1 Å². The number of aliphatic hydroxyl groups is 3. The molecule has 3 atom stereocenters. The van der Waals surface area contributed by atoms with Gasteiger partial charge in [-0.25, -0.2) is 0 Å². The lowest BCUT2D eigenvalue weighted by Gasteiger charge is -2.46. The minimum atomic E-state index is -2.56.